The molecule has 0 unspecified atom stereocenters. The minimum atomic E-state index is -4.52. The van der Waals surface area contributed by atoms with E-state index < -0.39 is 11.9 Å². The molecule has 0 saturated carbocycles. The van der Waals surface area contributed by atoms with Gasteiger partial charge in [-0.25, -0.2) is 0 Å². The summed E-state index contributed by atoms with van der Waals surface area (Å²) >= 11 is 0. The molecule has 1 aromatic heterocycles. The molecule has 0 spiro atoms. The zero-order chi connectivity index (χ0) is 14.0. The summed E-state index contributed by atoms with van der Waals surface area (Å²) in [5, 5.41) is 3.32. The summed E-state index contributed by atoms with van der Waals surface area (Å²) in [5.74, 6) is -0.527. The van der Waals surface area contributed by atoms with Gasteiger partial charge in [0.1, 0.15) is 18.1 Å². The van der Waals surface area contributed by atoms with Crippen LogP contribution in [0.15, 0.2) is 28.8 Å². The molecule has 0 saturated heterocycles. The second-order valence-electron chi connectivity index (χ2n) is 4.29. The highest BCUT2D eigenvalue weighted by Crippen LogP contribution is 2.29. The zero-order valence-electron chi connectivity index (χ0n) is 10.4. The smallest absolute Gasteiger partial charge is 0.452 e. The Kier molecular flexibility index (Phi) is 3.50. The molecule has 2 rings (SSSR count). The Bertz CT molecular complexity index is 555. The fraction of sp³-hybridized carbons (Fsp3) is 0.308. The minimum absolute atomic E-state index is 0.0670. The van der Waals surface area contributed by atoms with Crippen molar-refractivity contribution in [1.82, 2.24) is 5.16 Å². The fourth-order valence-corrected chi connectivity index (χ4v) is 1.69. The van der Waals surface area contributed by atoms with E-state index in [9.17, 15) is 13.2 Å². The topological polar surface area (TPSA) is 35.3 Å². The van der Waals surface area contributed by atoms with Crippen molar-refractivity contribution in [1.29, 1.82) is 0 Å². The summed E-state index contributed by atoms with van der Waals surface area (Å²) < 4.78 is 46.5. The molecule has 1 heterocycles. The molecule has 102 valence electrons. The van der Waals surface area contributed by atoms with Gasteiger partial charge in [0.05, 0.1) is 0 Å². The van der Waals surface area contributed by atoms with Gasteiger partial charge in [-0.3, -0.25) is 0 Å². The number of nitrogens with zero attached hydrogens (tertiary/aromatic N) is 1. The summed E-state index contributed by atoms with van der Waals surface area (Å²) in [6, 6.07) is 6.42. The maximum absolute atomic E-state index is 12.3. The predicted octanol–water partition coefficient (Wildman–Crippen LogP) is 3.89. The highest BCUT2D eigenvalue weighted by Gasteiger charge is 2.36. The normalized spacial score (nSPS) is 11.6. The summed E-state index contributed by atoms with van der Waals surface area (Å²) in [6.45, 7) is 3.76. The summed E-state index contributed by atoms with van der Waals surface area (Å²) in [6.07, 6.45) is -4.52. The number of aryl methyl sites for hydroxylation is 2. The highest BCUT2D eigenvalue weighted by atomic mass is 19.4. The molecular formula is C13H12F3NO2. The van der Waals surface area contributed by atoms with Crippen LogP contribution in [-0.2, 0) is 12.8 Å². The van der Waals surface area contributed by atoms with Gasteiger partial charge >= 0.3 is 6.18 Å². The number of ether oxygens (including phenoxy) is 1. The van der Waals surface area contributed by atoms with Crippen molar-refractivity contribution in [3.05, 3.63) is 46.8 Å². The van der Waals surface area contributed by atoms with Gasteiger partial charge < -0.3 is 9.26 Å². The van der Waals surface area contributed by atoms with Gasteiger partial charge in [-0.2, -0.15) is 13.2 Å². The Morgan fingerprint density at radius 2 is 1.74 bits per heavy atom. The number of benzene rings is 1. The molecule has 0 fully saturated rings. The first kappa shape index (κ1) is 13.5. The lowest BCUT2D eigenvalue weighted by Gasteiger charge is -2.06. The first-order valence-corrected chi connectivity index (χ1v) is 5.58. The quantitative estimate of drug-likeness (QED) is 0.849. The van der Waals surface area contributed by atoms with E-state index in [1.54, 1.807) is 12.1 Å². The Labute approximate surface area is 108 Å². The van der Waals surface area contributed by atoms with Crippen molar-refractivity contribution in [2.24, 2.45) is 0 Å². The third-order valence-corrected chi connectivity index (χ3v) is 2.42. The van der Waals surface area contributed by atoms with Crippen molar-refractivity contribution < 1.29 is 22.4 Å². The summed E-state index contributed by atoms with van der Waals surface area (Å²) in [7, 11) is 0. The lowest BCUT2D eigenvalue weighted by Crippen LogP contribution is -2.02. The molecule has 0 atom stereocenters. The largest absolute Gasteiger partial charge is 0.487 e. The van der Waals surface area contributed by atoms with Crippen LogP contribution in [0, 0.1) is 13.8 Å². The van der Waals surface area contributed by atoms with E-state index in [0.29, 0.717) is 5.75 Å². The van der Waals surface area contributed by atoms with E-state index in [2.05, 4.69) is 9.68 Å². The van der Waals surface area contributed by atoms with E-state index in [1.165, 1.54) is 0 Å². The van der Waals surface area contributed by atoms with Gasteiger partial charge in [0, 0.05) is 6.07 Å². The van der Waals surface area contributed by atoms with E-state index in [4.69, 9.17) is 4.74 Å². The fourth-order valence-electron chi connectivity index (χ4n) is 1.69. The van der Waals surface area contributed by atoms with Crippen molar-refractivity contribution in [3.63, 3.8) is 0 Å². The van der Waals surface area contributed by atoms with Crippen LogP contribution >= 0.6 is 0 Å². The Morgan fingerprint density at radius 1 is 1.11 bits per heavy atom. The molecule has 0 bridgehead atoms. The van der Waals surface area contributed by atoms with Crippen molar-refractivity contribution >= 4 is 0 Å². The van der Waals surface area contributed by atoms with Gasteiger partial charge in [0.25, 0.3) is 0 Å². The monoisotopic (exact) mass is 271 g/mol. The second kappa shape index (κ2) is 4.95. The molecule has 3 nitrogen and oxygen atoms in total. The summed E-state index contributed by atoms with van der Waals surface area (Å²) in [5.41, 5.74) is 2.14. The van der Waals surface area contributed by atoms with Gasteiger partial charge in [0.15, 0.2) is 0 Å². The van der Waals surface area contributed by atoms with Crippen molar-refractivity contribution in [2.75, 3.05) is 0 Å². The Hall–Kier alpha value is -1.98. The lowest BCUT2D eigenvalue weighted by molar-refractivity contribution is -0.155. The van der Waals surface area contributed by atoms with Crippen LogP contribution in [0.4, 0.5) is 13.2 Å². The Morgan fingerprint density at radius 3 is 2.26 bits per heavy atom. The average molecular weight is 271 g/mol. The molecule has 6 heteroatoms. The predicted molar refractivity (Wildman–Crippen MR) is 61.8 cm³/mol. The Balaban J connectivity index is 2.04. The van der Waals surface area contributed by atoms with Gasteiger partial charge in [-0.05, 0) is 37.1 Å². The van der Waals surface area contributed by atoms with Gasteiger partial charge in [-0.15, -0.1) is 0 Å². The molecule has 0 N–H and O–H groups in total. The third-order valence-electron chi connectivity index (χ3n) is 2.42. The molecule has 0 aliphatic carbocycles. The van der Waals surface area contributed by atoms with Crippen molar-refractivity contribution in [2.45, 2.75) is 26.6 Å². The number of hydrogen-bond acceptors (Lipinski definition) is 3. The number of rotatable bonds is 3. The highest BCUT2D eigenvalue weighted by molar-refractivity contribution is 5.33. The minimum Gasteiger partial charge on any atom is -0.487 e. The van der Waals surface area contributed by atoms with E-state index in [-0.39, 0.29) is 12.3 Å². The first-order chi connectivity index (χ1) is 8.84. The lowest BCUT2D eigenvalue weighted by atomic mass is 10.1. The van der Waals surface area contributed by atoms with Crippen LogP contribution < -0.4 is 4.74 Å². The molecule has 0 amide bonds. The maximum Gasteiger partial charge on any atom is 0.452 e. The third kappa shape index (κ3) is 3.49. The van der Waals surface area contributed by atoms with E-state index in [1.807, 2.05) is 19.9 Å². The average Bonchev–Trinajstić information content (AvgIpc) is 2.73. The molecule has 0 radical (unpaired) electrons. The molecular weight excluding hydrogens is 259 g/mol. The molecule has 0 aliphatic rings. The van der Waals surface area contributed by atoms with Crippen LogP contribution in [0.25, 0.3) is 0 Å². The van der Waals surface area contributed by atoms with Crippen LogP contribution in [0.2, 0.25) is 0 Å². The number of alkyl halides is 3. The summed E-state index contributed by atoms with van der Waals surface area (Å²) in [4.78, 5) is 0. The number of aromatic nitrogens is 1. The first-order valence-electron chi connectivity index (χ1n) is 5.58. The standard InChI is InChI=1S/C13H12F3NO2/c1-8-3-9(2)5-11(4-8)18-7-10-6-12(19-17-10)13(14,15)16/h3-6H,7H2,1-2H3. The SMILES string of the molecule is Cc1cc(C)cc(OCc2cc(C(F)(F)F)on2)c1. The van der Waals surface area contributed by atoms with Crippen LogP contribution in [0.3, 0.4) is 0 Å². The molecule has 0 aliphatic heterocycles. The maximum atomic E-state index is 12.3. The van der Waals surface area contributed by atoms with Crippen LogP contribution in [0.5, 0.6) is 5.75 Å². The molecule has 1 aromatic carbocycles. The number of halogens is 3. The molecule has 19 heavy (non-hydrogen) atoms. The van der Waals surface area contributed by atoms with E-state index in [0.717, 1.165) is 17.2 Å². The van der Waals surface area contributed by atoms with E-state index >= 15 is 0 Å². The van der Waals surface area contributed by atoms with Crippen molar-refractivity contribution in [3.8, 4) is 5.75 Å². The number of hydrogen-bond donors (Lipinski definition) is 0. The zero-order valence-corrected chi connectivity index (χ0v) is 10.4. The molecule has 2 aromatic rings. The van der Waals surface area contributed by atoms with Gasteiger partial charge in [0.2, 0.25) is 5.76 Å². The second-order valence-corrected chi connectivity index (χ2v) is 4.29. The van der Waals surface area contributed by atoms with Crippen LogP contribution in [-0.4, -0.2) is 5.16 Å². The van der Waals surface area contributed by atoms with Gasteiger partial charge in [-0.1, -0.05) is 11.2 Å². The van der Waals surface area contributed by atoms with Crippen LogP contribution in [0.1, 0.15) is 22.6 Å².